The summed E-state index contributed by atoms with van der Waals surface area (Å²) in [4.78, 5) is 8.80. The fraction of sp³-hybridized carbons (Fsp3) is 0.444. The Morgan fingerprint density at radius 1 is 1.32 bits per heavy atom. The van der Waals surface area contributed by atoms with Gasteiger partial charge in [-0.05, 0) is 38.8 Å². The molecule has 7 nitrogen and oxygen atoms in total. The number of nitrogens with zero attached hydrogens (tertiary/aromatic N) is 2. The maximum absolute atomic E-state index is 10.00. The molecule has 0 unspecified atom stereocenters. The summed E-state index contributed by atoms with van der Waals surface area (Å²) >= 11 is 0. The average molecular weight is 346 g/mol. The Hall–Kier alpha value is -2.70. The molecule has 1 heterocycles. The topological polar surface area (TPSA) is 91.9 Å². The molecular weight excluding hydrogens is 320 g/mol. The van der Waals surface area contributed by atoms with Crippen LogP contribution in [0.2, 0.25) is 0 Å². The monoisotopic (exact) mass is 346 g/mol. The van der Waals surface area contributed by atoms with Crippen LogP contribution in [0.25, 0.3) is 0 Å². The van der Waals surface area contributed by atoms with E-state index in [-0.39, 0.29) is 5.75 Å². The fourth-order valence-corrected chi connectivity index (χ4v) is 2.29. The van der Waals surface area contributed by atoms with E-state index in [4.69, 9.17) is 9.15 Å². The van der Waals surface area contributed by atoms with Crippen molar-refractivity contribution in [2.75, 3.05) is 20.2 Å². The Kier molecular flexibility index (Phi) is 6.68. The number of hydrogen-bond acceptors (Lipinski definition) is 5. The van der Waals surface area contributed by atoms with Gasteiger partial charge in [-0.25, -0.2) is 9.98 Å². The van der Waals surface area contributed by atoms with E-state index < -0.39 is 0 Å². The second-order valence-electron chi connectivity index (χ2n) is 5.62. The second-order valence-corrected chi connectivity index (χ2v) is 5.62. The zero-order valence-electron chi connectivity index (χ0n) is 15.2. The molecule has 1 aromatic heterocycles. The van der Waals surface area contributed by atoms with Crippen molar-refractivity contribution >= 4 is 5.96 Å². The van der Waals surface area contributed by atoms with Crippen molar-refractivity contribution in [2.45, 2.75) is 33.7 Å². The van der Waals surface area contributed by atoms with E-state index in [1.165, 1.54) is 0 Å². The summed E-state index contributed by atoms with van der Waals surface area (Å²) < 4.78 is 10.6. The van der Waals surface area contributed by atoms with Gasteiger partial charge >= 0.3 is 0 Å². The molecule has 0 amide bonds. The molecule has 7 heteroatoms. The molecule has 0 aliphatic rings. The number of phenolic OH excluding ortho intramolecular Hbond substituents is 1. The lowest BCUT2D eigenvalue weighted by atomic mass is 10.1. The number of aryl methyl sites for hydroxylation is 2. The van der Waals surface area contributed by atoms with Crippen LogP contribution >= 0.6 is 0 Å². The van der Waals surface area contributed by atoms with E-state index in [2.05, 4.69) is 20.6 Å². The molecule has 2 aromatic rings. The van der Waals surface area contributed by atoms with Gasteiger partial charge in [-0.15, -0.1) is 0 Å². The van der Waals surface area contributed by atoms with E-state index >= 15 is 0 Å². The summed E-state index contributed by atoms with van der Waals surface area (Å²) in [7, 11) is 1.58. The Bertz CT molecular complexity index is 706. The third kappa shape index (κ3) is 5.41. The van der Waals surface area contributed by atoms with Crippen LogP contribution in [-0.4, -0.2) is 36.2 Å². The number of hydrogen-bond donors (Lipinski definition) is 3. The van der Waals surface area contributed by atoms with Crippen molar-refractivity contribution in [3.05, 3.63) is 41.1 Å². The first-order chi connectivity index (χ1) is 12.0. The number of methoxy groups -OCH3 is 1. The van der Waals surface area contributed by atoms with E-state index in [0.717, 1.165) is 23.6 Å². The van der Waals surface area contributed by atoms with Gasteiger partial charge in [0.25, 0.3) is 0 Å². The van der Waals surface area contributed by atoms with Crippen molar-refractivity contribution < 1.29 is 14.3 Å². The number of guanidine groups is 1. The summed E-state index contributed by atoms with van der Waals surface area (Å²) in [6.45, 7) is 7.57. The zero-order valence-corrected chi connectivity index (χ0v) is 15.2. The van der Waals surface area contributed by atoms with Crippen LogP contribution in [0, 0.1) is 13.8 Å². The van der Waals surface area contributed by atoms with Crippen molar-refractivity contribution in [3.63, 3.8) is 0 Å². The van der Waals surface area contributed by atoms with Crippen LogP contribution in [-0.2, 0) is 13.0 Å². The predicted molar refractivity (Wildman–Crippen MR) is 97.2 cm³/mol. The van der Waals surface area contributed by atoms with Gasteiger partial charge in [-0.2, -0.15) is 0 Å². The molecule has 0 aliphatic heterocycles. The highest BCUT2D eigenvalue weighted by atomic mass is 16.5. The number of benzene rings is 1. The van der Waals surface area contributed by atoms with Crippen LogP contribution in [0.4, 0.5) is 0 Å². The van der Waals surface area contributed by atoms with Crippen molar-refractivity contribution in [2.24, 2.45) is 4.99 Å². The lowest BCUT2D eigenvalue weighted by molar-refractivity contribution is 0.406. The highest BCUT2D eigenvalue weighted by Gasteiger charge is 2.06. The molecule has 0 spiro atoms. The van der Waals surface area contributed by atoms with Crippen LogP contribution < -0.4 is 15.4 Å². The smallest absolute Gasteiger partial charge is 0.216 e. The number of ether oxygens (including phenoxy) is 1. The van der Waals surface area contributed by atoms with Gasteiger partial charge in [0.1, 0.15) is 23.8 Å². The third-order valence-corrected chi connectivity index (χ3v) is 3.77. The van der Waals surface area contributed by atoms with Crippen molar-refractivity contribution in [1.82, 2.24) is 15.6 Å². The maximum atomic E-state index is 10.00. The minimum atomic E-state index is 0.230. The number of rotatable bonds is 7. The Labute approximate surface area is 148 Å². The quantitative estimate of drug-likeness (QED) is 0.526. The highest BCUT2D eigenvalue weighted by molar-refractivity contribution is 5.79. The van der Waals surface area contributed by atoms with Gasteiger partial charge in [-0.3, -0.25) is 0 Å². The standard InChI is InChI=1S/C18H26N4O3/c1-5-19-18(21-11-17-22-12(2)13(3)25-17)20-9-8-14-6-7-15(24-4)10-16(14)23/h6-7,10,23H,5,8-9,11H2,1-4H3,(H2,19,20,21). The molecule has 1 aromatic carbocycles. The van der Waals surface area contributed by atoms with Gasteiger partial charge in [0.05, 0.1) is 12.8 Å². The largest absolute Gasteiger partial charge is 0.508 e. The lowest BCUT2D eigenvalue weighted by Crippen LogP contribution is -2.38. The molecule has 0 aliphatic carbocycles. The summed E-state index contributed by atoms with van der Waals surface area (Å²) in [6, 6.07) is 5.31. The molecule has 25 heavy (non-hydrogen) atoms. The summed E-state index contributed by atoms with van der Waals surface area (Å²) in [5, 5.41) is 16.4. The Balaban J connectivity index is 1.91. The number of phenols is 1. The average Bonchev–Trinajstić information content (AvgIpc) is 2.92. The number of nitrogens with one attached hydrogen (secondary N) is 2. The minimum absolute atomic E-state index is 0.230. The first-order valence-electron chi connectivity index (χ1n) is 8.34. The number of aliphatic imine (C=N–C) groups is 1. The highest BCUT2D eigenvalue weighted by Crippen LogP contribution is 2.23. The molecule has 0 saturated heterocycles. The molecule has 3 N–H and O–H groups in total. The molecule has 2 rings (SSSR count). The lowest BCUT2D eigenvalue weighted by Gasteiger charge is -2.12. The summed E-state index contributed by atoms with van der Waals surface area (Å²) in [6.07, 6.45) is 0.664. The van der Waals surface area contributed by atoms with Crippen molar-refractivity contribution in [3.8, 4) is 11.5 Å². The zero-order chi connectivity index (χ0) is 18.2. The summed E-state index contributed by atoms with van der Waals surface area (Å²) in [5.74, 6) is 2.97. The molecule has 0 fully saturated rings. The van der Waals surface area contributed by atoms with Crippen molar-refractivity contribution in [1.29, 1.82) is 0 Å². The molecule has 0 saturated carbocycles. The van der Waals surface area contributed by atoms with E-state index in [0.29, 0.717) is 37.1 Å². The molecule has 136 valence electrons. The van der Waals surface area contributed by atoms with Gasteiger partial charge in [0.2, 0.25) is 5.89 Å². The first-order valence-corrected chi connectivity index (χ1v) is 8.34. The number of aromatic hydroxyl groups is 1. The van der Waals surface area contributed by atoms with E-state index in [1.807, 2.05) is 32.9 Å². The maximum Gasteiger partial charge on any atom is 0.216 e. The van der Waals surface area contributed by atoms with Crippen LogP contribution in [0.3, 0.4) is 0 Å². The van der Waals surface area contributed by atoms with E-state index in [9.17, 15) is 5.11 Å². The molecular formula is C18H26N4O3. The Morgan fingerprint density at radius 2 is 2.12 bits per heavy atom. The number of oxazole rings is 1. The molecule has 0 bridgehead atoms. The first kappa shape index (κ1) is 18.6. The van der Waals surface area contributed by atoms with Crippen LogP contribution in [0.15, 0.2) is 27.6 Å². The van der Waals surface area contributed by atoms with Crippen LogP contribution in [0.5, 0.6) is 11.5 Å². The predicted octanol–water partition coefficient (Wildman–Crippen LogP) is 2.30. The molecule has 0 radical (unpaired) electrons. The second kappa shape index (κ2) is 8.96. The minimum Gasteiger partial charge on any atom is -0.508 e. The van der Waals surface area contributed by atoms with Crippen LogP contribution in [0.1, 0.15) is 29.8 Å². The van der Waals surface area contributed by atoms with Gasteiger partial charge in [0, 0.05) is 19.2 Å². The summed E-state index contributed by atoms with van der Waals surface area (Å²) in [5.41, 5.74) is 1.74. The molecule has 0 atom stereocenters. The van der Waals surface area contributed by atoms with Gasteiger partial charge < -0.3 is 24.9 Å². The fourth-order valence-electron chi connectivity index (χ4n) is 2.29. The Morgan fingerprint density at radius 3 is 2.72 bits per heavy atom. The number of aromatic nitrogens is 1. The van der Waals surface area contributed by atoms with Gasteiger partial charge in [0.15, 0.2) is 5.96 Å². The van der Waals surface area contributed by atoms with Gasteiger partial charge in [-0.1, -0.05) is 6.07 Å². The van der Waals surface area contributed by atoms with E-state index in [1.54, 1.807) is 13.2 Å². The SMILES string of the molecule is CCNC(=NCc1nc(C)c(C)o1)NCCc1ccc(OC)cc1O. The third-order valence-electron chi connectivity index (χ3n) is 3.77. The normalized spacial score (nSPS) is 11.4.